The minimum atomic E-state index is -0.245. The zero-order valence-electron chi connectivity index (χ0n) is 11.1. The summed E-state index contributed by atoms with van der Waals surface area (Å²) in [4.78, 5) is 19.0. The molecule has 92 valence electrons. The van der Waals surface area contributed by atoms with Crippen LogP contribution in [0.2, 0.25) is 0 Å². The van der Waals surface area contributed by atoms with Crippen LogP contribution in [0.5, 0.6) is 0 Å². The van der Waals surface area contributed by atoms with Crippen LogP contribution in [0.3, 0.4) is 0 Å². The summed E-state index contributed by atoms with van der Waals surface area (Å²) in [5, 5.41) is 0. The molecule has 15 heavy (non-hydrogen) atoms. The lowest BCUT2D eigenvalue weighted by atomic mass is 10.2. The average molecular weight is 218 g/mol. The van der Waals surface area contributed by atoms with Crippen LogP contribution in [-0.2, 0) is 14.3 Å². The van der Waals surface area contributed by atoms with E-state index in [1.54, 1.807) is 0 Å². The Morgan fingerprint density at radius 2 is 1.13 bits per heavy atom. The fourth-order valence-electron chi connectivity index (χ4n) is 0.500. The van der Waals surface area contributed by atoms with Gasteiger partial charge in [-0.3, -0.25) is 4.79 Å². The van der Waals surface area contributed by atoms with Crippen LogP contribution in [0.1, 0.15) is 60.3 Å². The third-order valence-corrected chi connectivity index (χ3v) is 1.24. The summed E-state index contributed by atoms with van der Waals surface area (Å²) in [5.74, 6) is -0.0787. The number of carbonyl (C=O) groups is 2. The lowest BCUT2D eigenvalue weighted by Crippen LogP contribution is -1.88. The molecule has 0 unspecified atom stereocenters. The Kier molecular flexibility index (Phi) is 24.7. The molecule has 0 aromatic heterocycles. The van der Waals surface area contributed by atoms with Gasteiger partial charge in [0, 0.05) is 6.92 Å². The highest BCUT2D eigenvalue weighted by Crippen LogP contribution is 1.95. The molecule has 0 radical (unpaired) electrons. The highest BCUT2D eigenvalue weighted by molar-refractivity contribution is 5.72. The maximum Gasteiger partial charge on any atom is 0.302 e. The minimum absolute atomic E-state index is 0.167. The molecular formula is C12H26O3. The van der Waals surface area contributed by atoms with E-state index in [0.717, 1.165) is 0 Å². The summed E-state index contributed by atoms with van der Waals surface area (Å²) >= 11 is 0. The lowest BCUT2D eigenvalue weighted by Gasteiger charge is -1.86. The van der Waals surface area contributed by atoms with Gasteiger partial charge in [0.2, 0.25) is 0 Å². The van der Waals surface area contributed by atoms with Crippen molar-refractivity contribution in [3.05, 3.63) is 0 Å². The highest BCUT2D eigenvalue weighted by Gasteiger charge is 1.76. The van der Waals surface area contributed by atoms with E-state index in [2.05, 4.69) is 18.6 Å². The van der Waals surface area contributed by atoms with E-state index in [1.165, 1.54) is 53.6 Å². The molecule has 0 aliphatic carbocycles. The van der Waals surface area contributed by atoms with Gasteiger partial charge in [0.05, 0.1) is 7.11 Å². The molecule has 0 amide bonds. The molecule has 0 heterocycles. The number of Topliss-reactive ketones (excluding diaryl/α,β-unsaturated/α-hetero) is 1. The zero-order valence-corrected chi connectivity index (χ0v) is 11.1. The van der Waals surface area contributed by atoms with Crippen LogP contribution in [0.25, 0.3) is 0 Å². The van der Waals surface area contributed by atoms with E-state index in [-0.39, 0.29) is 11.8 Å². The number of esters is 1. The molecule has 0 fully saturated rings. The minimum Gasteiger partial charge on any atom is -0.469 e. The van der Waals surface area contributed by atoms with Crippen molar-refractivity contribution in [1.29, 1.82) is 0 Å². The van der Waals surface area contributed by atoms with Crippen molar-refractivity contribution < 1.29 is 14.3 Å². The third kappa shape index (κ3) is 95.1. The van der Waals surface area contributed by atoms with E-state index in [4.69, 9.17) is 0 Å². The topological polar surface area (TPSA) is 43.4 Å². The Morgan fingerprint density at radius 3 is 1.20 bits per heavy atom. The SMILES string of the molecule is CC(C)=O.CCCCCC.COC(C)=O. The fraction of sp³-hybridized carbons (Fsp3) is 0.833. The molecule has 0 aliphatic heterocycles. The Labute approximate surface area is 94.2 Å². The van der Waals surface area contributed by atoms with E-state index < -0.39 is 0 Å². The van der Waals surface area contributed by atoms with Gasteiger partial charge in [-0.2, -0.15) is 0 Å². The van der Waals surface area contributed by atoms with E-state index in [9.17, 15) is 9.59 Å². The maximum atomic E-state index is 9.59. The molecule has 0 rings (SSSR count). The number of hydrogen-bond donors (Lipinski definition) is 0. The highest BCUT2D eigenvalue weighted by atomic mass is 16.5. The summed E-state index contributed by atoms with van der Waals surface area (Å²) in [6.45, 7) is 8.88. The Bertz CT molecular complexity index is 134. The molecule has 0 saturated heterocycles. The molecule has 3 heteroatoms. The number of hydrogen-bond acceptors (Lipinski definition) is 3. The van der Waals surface area contributed by atoms with Gasteiger partial charge >= 0.3 is 5.97 Å². The van der Waals surface area contributed by atoms with Gasteiger partial charge in [0.25, 0.3) is 0 Å². The van der Waals surface area contributed by atoms with Crippen molar-refractivity contribution in [2.45, 2.75) is 60.3 Å². The first-order chi connectivity index (χ1) is 6.92. The average Bonchev–Trinajstić information content (AvgIpc) is 2.14. The zero-order chi connectivity index (χ0) is 12.7. The van der Waals surface area contributed by atoms with Crippen LogP contribution >= 0.6 is 0 Å². The summed E-state index contributed by atoms with van der Waals surface area (Å²) in [7, 11) is 1.35. The van der Waals surface area contributed by atoms with Crippen molar-refractivity contribution in [2.75, 3.05) is 7.11 Å². The molecule has 0 aromatic carbocycles. The van der Waals surface area contributed by atoms with Gasteiger partial charge in [-0.15, -0.1) is 0 Å². The van der Waals surface area contributed by atoms with Crippen LogP contribution in [0.4, 0.5) is 0 Å². The first-order valence-electron chi connectivity index (χ1n) is 5.43. The van der Waals surface area contributed by atoms with E-state index in [0.29, 0.717) is 0 Å². The summed E-state index contributed by atoms with van der Waals surface area (Å²) in [6, 6.07) is 0. The molecule has 0 aromatic rings. The number of methoxy groups -OCH3 is 1. The molecule has 0 bridgehead atoms. The first kappa shape index (κ1) is 19.7. The maximum absolute atomic E-state index is 9.59. The van der Waals surface area contributed by atoms with Gasteiger partial charge in [0.15, 0.2) is 0 Å². The van der Waals surface area contributed by atoms with Gasteiger partial charge in [-0.1, -0.05) is 39.5 Å². The van der Waals surface area contributed by atoms with Crippen molar-refractivity contribution in [3.63, 3.8) is 0 Å². The molecule has 3 nitrogen and oxygen atoms in total. The second kappa shape index (κ2) is 18.8. The van der Waals surface area contributed by atoms with Crippen LogP contribution in [-0.4, -0.2) is 18.9 Å². The number of carbonyl (C=O) groups excluding carboxylic acids is 2. The molecule has 0 saturated carbocycles. The molecule has 0 spiro atoms. The van der Waals surface area contributed by atoms with Crippen molar-refractivity contribution in [1.82, 2.24) is 0 Å². The van der Waals surface area contributed by atoms with Gasteiger partial charge in [-0.05, 0) is 13.8 Å². The van der Waals surface area contributed by atoms with Gasteiger partial charge in [-0.25, -0.2) is 0 Å². The largest absolute Gasteiger partial charge is 0.469 e. The molecular weight excluding hydrogens is 192 g/mol. The lowest BCUT2D eigenvalue weighted by molar-refractivity contribution is -0.137. The quantitative estimate of drug-likeness (QED) is 0.539. The van der Waals surface area contributed by atoms with Crippen molar-refractivity contribution >= 4 is 11.8 Å². The first-order valence-corrected chi connectivity index (χ1v) is 5.43. The third-order valence-electron chi connectivity index (χ3n) is 1.24. The predicted molar refractivity (Wildman–Crippen MR) is 63.9 cm³/mol. The predicted octanol–water partition coefficient (Wildman–Crippen LogP) is 3.36. The smallest absolute Gasteiger partial charge is 0.302 e. The van der Waals surface area contributed by atoms with Gasteiger partial charge in [0.1, 0.15) is 5.78 Å². The molecule has 0 aliphatic rings. The fourth-order valence-corrected chi connectivity index (χ4v) is 0.500. The molecule has 0 N–H and O–H groups in total. The number of ketones is 1. The summed E-state index contributed by atoms with van der Waals surface area (Å²) < 4.78 is 4.11. The van der Waals surface area contributed by atoms with Crippen molar-refractivity contribution in [3.8, 4) is 0 Å². The summed E-state index contributed by atoms with van der Waals surface area (Å²) in [5.41, 5.74) is 0. The second-order valence-corrected chi connectivity index (χ2v) is 3.31. The summed E-state index contributed by atoms with van der Waals surface area (Å²) in [6.07, 6.45) is 5.54. The van der Waals surface area contributed by atoms with Crippen LogP contribution in [0.15, 0.2) is 0 Å². The van der Waals surface area contributed by atoms with Crippen molar-refractivity contribution in [2.24, 2.45) is 0 Å². The standard InChI is InChI=1S/C6H14.C3H6O2.C3H6O/c1-3-5-6-4-2;1-3(4)5-2;1-3(2)4/h3-6H2,1-2H3;1-2H3;1-2H3. The van der Waals surface area contributed by atoms with Crippen LogP contribution in [0, 0.1) is 0 Å². The monoisotopic (exact) mass is 218 g/mol. The van der Waals surface area contributed by atoms with E-state index in [1.807, 2.05) is 0 Å². The normalized spacial score (nSPS) is 7.60. The number of unbranched alkanes of at least 4 members (excludes halogenated alkanes) is 3. The Hall–Kier alpha value is -0.860. The number of ether oxygens (including phenoxy) is 1. The van der Waals surface area contributed by atoms with Gasteiger partial charge < -0.3 is 9.53 Å². The van der Waals surface area contributed by atoms with Crippen LogP contribution < -0.4 is 0 Å². The molecule has 0 atom stereocenters. The number of rotatable bonds is 3. The van der Waals surface area contributed by atoms with E-state index >= 15 is 0 Å². The second-order valence-electron chi connectivity index (χ2n) is 3.31. The Morgan fingerprint density at radius 1 is 0.933 bits per heavy atom. The Balaban J connectivity index is -0.000000147.